The Labute approximate surface area is 191 Å². The Kier molecular flexibility index (Phi) is 7.56. The minimum Gasteiger partial charge on any atom is -0.493 e. The molecule has 0 heterocycles. The number of hydrogen-bond donors (Lipinski definition) is 1. The van der Waals surface area contributed by atoms with Crippen LogP contribution < -0.4 is 14.8 Å². The highest BCUT2D eigenvalue weighted by atomic mass is 79.9. The molecule has 0 radical (unpaired) electrons. The smallest absolute Gasteiger partial charge is 0.292 e. The largest absolute Gasteiger partial charge is 0.493 e. The number of benzene rings is 3. The number of methoxy groups -OCH3 is 1. The number of ether oxygens (including phenoxy) is 2. The van der Waals surface area contributed by atoms with Crippen molar-refractivity contribution >= 4 is 39.3 Å². The van der Waals surface area contributed by atoms with Crippen LogP contribution in [0.1, 0.15) is 11.1 Å². The van der Waals surface area contributed by atoms with Gasteiger partial charge in [-0.05, 0) is 51.8 Å². The molecular formula is C23H18BrFN2O5. The van der Waals surface area contributed by atoms with Crippen LogP contribution in [0.25, 0.3) is 6.08 Å². The Morgan fingerprint density at radius 2 is 1.91 bits per heavy atom. The van der Waals surface area contributed by atoms with Gasteiger partial charge in [0.1, 0.15) is 18.1 Å². The van der Waals surface area contributed by atoms with Gasteiger partial charge in [-0.3, -0.25) is 14.9 Å². The maximum atomic E-state index is 13.8. The summed E-state index contributed by atoms with van der Waals surface area (Å²) < 4.78 is 25.5. The van der Waals surface area contributed by atoms with Gasteiger partial charge in [0.15, 0.2) is 11.5 Å². The van der Waals surface area contributed by atoms with E-state index in [1.807, 2.05) is 0 Å². The zero-order valence-electron chi connectivity index (χ0n) is 16.9. The van der Waals surface area contributed by atoms with E-state index in [1.54, 1.807) is 36.4 Å². The fourth-order valence-electron chi connectivity index (χ4n) is 2.83. The molecule has 0 atom stereocenters. The molecule has 0 unspecified atom stereocenters. The van der Waals surface area contributed by atoms with Crippen molar-refractivity contribution in [2.45, 2.75) is 6.61 Å². The van der Waals surface area contributed by atoms with Gasteiger partial charge in [-0.1, -0.05) is 30.3 Å². The van der Waals surface area contributed by atoms with Crippen LogP contribution in [0.15, 0.2) is 71.2 Å². The van der Waals surface area contributed by atoms with Crippen LogP contribution in [-0.2, 0) is 11.4 Å². The molecule has 0 spiro atoms. The van der Waals surface area contributed by atoms with Crippen molar-refractivity contribution in [3.63, 3.8) is 0 Å². The molecular weight excluding hydrogens is 483 g/mol. The predicted octanol–water partition coefficient (Wildman–Crippen LogP) is 5.74. The molecule has 0 aromatic heterocycles. The van der Waals surface area contributed by atoms with Crippen molar-refractivity contribution in [1.29, 1.82) is 0 Å². The highest BCUT2D eigenvalue weighted by molar-refractivity contribution is 9.10. The van der Waals surface area contributed by atoms with E-state index in [2.05, 4.69) is 21.2 Å². The van der Waals surface area contributed by atoms with Crippen molar-refractivity contribution in [3.8, 4) is 11.5 Å². The highest BCUT2D eigenvalue weighted by Gasteiger charge is 2.15. The number of hydrogen-bond acceptors (Lipinski definition) is 5. The van der Waals surface area contributed by atoms with Crippen LogP contribution in [0, 0.1) is 15.9 Å². The molecule has 0 fully saturated rings. The van der Waals surface area contributed by atoms with Crippen molar-refractivity contribution in [2.24, 2.45) is 0 Å². The lowest BCUT2D eigenvalue weighted by atomic mass is 10.1. The van der Waals surface area contributed by atoms with E-state index in [-0.39, 0.29) is 23.8 Å². The standard InChI is InChI=1S/C23H18BrFN2O5/c1-31-21-13-15(10-11-22(28)26-19-8-4-5-9-20(19)27(29)30)12-17(24)23(21)32-14-16-6-2-3-7-18(16)25/h2-13H,14H2,1H3,(H,26,28)/b11-10+. The monoisotopic (exact) mass is 500 g/mol. The number of carbonyl (C=O) groups is 1. The zero-order chi connectivity index (χ0) is 23.1. The van der Waals surface area contributed by atoms with Crippen LogP contribution in [0.5, 0.6) is 11.5 Å². The van der Waals surface area contributed by atoms with Gasteiger partial charge in [-0.25, -0.2) is 4.39 Å². The second-order valence-corrected chi connectivity index (χ2v) is 7.37. The Bertz CT molecular complexity index is 1180. The summed E-state index contributed by atoms with van der Waals surface area (Å²) in [6.45, 7) is 0.00901. The maximum absolute atomic E-state index is 13.8. The van der Waals surface area contributed by atoms with Gasteiger partial charge in [-0.2, -0.15) is 0 Å². The minimum atomic E-state index is -0.568. The maximum Gasteiger partial charge on any atom is 0.292 e. The number of nitrogens with one attached hydrogen (secondary N) is 1. The van der Waals surface area contributed by atoms with Crippen molar-refractivity contribution < 1.29 is 23.6 Å². The first-order valence-electron chi connectivity index (χ1n) is 9.35. The number of para-hydroxylation sites is 2. The molecule has 0 aliphatic carbocycles. The zero-order valence-corrected chi connectivity index (χ0v) is 18.5. The molecule has 1 amide bonds. The molecule has 32 heavy (non-hydrogen) atoms. The number of carbonyl (C=O) groups excluding carboxylic acids is 1. The number of rotatable bonds is 8. The molecule has 0 bridgehead atoms. The molecule has 0 saturated carbocycles. The molecule has 164 valence electrons. The second kappa shape index (κ2) is 10.5. The molecule has 3 rings (SSSR count). The third kappa shape index (κ3) is 5.70. The van der Waals surface area contributed by atoms with Gasteiger partial charge in [0.05, 0.1) is 16.5 Å². The number of nitrogens with zero attached hydrogens (tertiary/aromatic N) is 1. The van der Waals surface area contributed by atoms with Gasteiger partial charge in [0.25, 0.3) is 5.69 Å². The number of halogens is 2. The second-order valence-electron chi connectivity index (χ2n) is 6.51. The summed E-state index contributed by atoms with van der Waals surface area (Å²) in [5, 5.41) is 13.6. The first kappa shape index (κ1) is 23.0. The lowest BCUT2D eigenvalue weighted by Gasteiger charge is -2.14. The van der Waals surface area contributed by atoms with Crippen LogP contribution >= 0.6 is 15.9 Å². The quantitative estimate of drug-likeness (QED) is 0.242. The van der Waals surface area contributed by atoms with Crippen molar-refractivity contribution in [2.75, 3.05) is 12.4 Å². The molecule has 3 aromatic rings. The Morgan fingerprint density at radius 3 is 2.62 bits per heavy atom. The summed E-state index contributed by atoms with van der Waals surface area (Å²) >= 11 is 3.41. The van der Waals surface area contributed by atoms with E-state index in [4.69, 9.17) is 9.47 Å². The lowest BCUT2D eigenvalue weighted by molar-refractivity contribution is -0.383. The summed E-state index contributed by atoms with van der Waals surface area (Å²) in [5.41, 5.74) is 0.916. The van der Waals surface area contributed by atoms with E-state index in [0.29, 0.717) is 27.1 Å². The molecule has 0 aliphatic heterocycles. The number of amides is 1. The van der Waals surface area contributed by atoms with Gasteiger partial charge >= 0.3 is 0 Å². The molecule has 0 aliphatic rings. The summed E-state index contributed by atoms with van der Waals surface area (Å²) in [7, 11) is 1.46. The van der Waals surface area contributed by atoms with Crippen molar-refractivity contribution in [3.05, 3.63) is 98.3 Å². The fraction of sp³-hybridized carbons (Fsp3) is 0.0870. The molecule has 3 aromatic carbocycles. The third-order valence-corrected chi connectivity index (χ3v) is 4.96. The lowest BCUT2D eigenvalue weighted by Crippen LogP contribution is -2.09. The van der Waals surface area contributed by atoms with E-state index in [1.165, 1.54) is 43.5 Å². The summed E-state index contributed by atoms with van der Waals surface area (Å²) in [4.78, 5) is 22.7. The van der Waals surface area contributed by atoms with Crippen molar-refractivity contribution in [1.82, 2.24) is 0 Å². The predicted molar refractivity (Wildman–Crippen MR) is 122 cm³/mol. The van der Waals surface area contributed by atoms with Crippen LogP contribution in [0.3, 0.4) is 0 Å². The van der Waals surface area contributed by atoms with Gasteiger partial charge in [0.2, 0.25) is 5.91 Å². The average molecular weight is 501 g/mol. The van der Waals surface area contributed by atoms with Gasteiger partial charge in [0, 0.05) is 17.7 Å². The first-order chi connectivity index (χ1) is 15.4. The Morgan fingerprint density at radius 1 is 1.19 bits per heavy atom. The molecule has 9 heteroatoms. The topological polar surface area (TPSA) is 90.7 Å². The number of nitro benzene ring substituents is 1. The summed E-state index contributed by atoms with van der Waals surface area (Å²) in [6.07, 6.45) is 2.77. The van der Waals surface area contributed by atoms with E-state index in [0.717, 1.165) is 0 Å². The molecule has 7 nitrogen and oxygen atoms in total. The van der Waals surface area contributed by atoms with Crippen LogP contribution in [-0.4, -0.2) is 17.9 Å². The summed E-state index contributed by atoms with van der Waals surface area (Å²) in [5.74, 6) is -0.132. The van der Waals surface area contributed by atoms with E-state index < -0.39 is 10.8 Å². The molecule has 0 saturated heterocycles. The van der Waals surface area contributed by atoms with E-state index >= 15 is 0 Å². The van der Waals surface area contributed by atoms with E-state index in [9.17, 15) is 19.3 Å². The first-order valence-corrected chi connectivity index (χ1v) is 10.1. The highest BCUT2D eigenvalue weighted by Crippen LogP contribution is 2.37. The minimum absolute atomic E-state index is 0.00901. The number of nitro groups is 1. The third-order valence-electron chi connectivity index (χ3n) is 4.37. The normalized spacial score (nSPS) is 10.7. The van der Waals surface area contributed by atoms with Gasteiger partial charge in [-0.15, -0.1) is 0 Å². The molecule has 1 N–H and O–H groups in total. The Hall–Kier alpha value is -3.72. The fourth-order valence-corrected chi connectivity index (χ4v) is 3.40. The summed E-state index contributed by atoms with van der Waals surface area (Å²) in [6, 6.07) is 15.5. The van der Waals surface area contributed by atoms with Gasteiger partial charge < -0.3 is 14.8 Å². The SMILES string of the molecule is COc1cc(/C=C/C(=O)Nc2ccccc2[N+](=O)[O-])cc(Br)c1OCc1ccccc1F. The number of anilines is 1. The van der Waals surface area contributed by atoms with Crippen LogP contribution in [0.2, 0.25) is 0 Å². The average Bonchev–Trinajstić information content (AvgIpc) is 2.77. The van der Waals surface area contributed by atoms with Crippen LogP contribution in [0.4, 0.5) is 15.8 Å². The Balaban J connectivity index is 1.74.